The molecule has 18 heavy (non-hydrogen) atoms. The van der Waals surface area contributed by atoms with E-state index in [1.165, 1.54) is 18.4 Å². The van der Waals surface area contributed by atoms with Gasteiger partial charge >= 0.3 is 0 Å². The maximum atomic E-state index is 5.77. The van der Waals surface area contributed by atoms with Crippen LogP contribution >= 0.6 is 0 Å². The van der Waals surface area contributed by atoms with E-state index in [0.717, 1.165) is 23.6 Å². The third-order valence-corrected chi connectivity index (χ3v) is 3.57. The summed E-state index contributed by atoms with van der Waals surface area (Å²) < 4.78 is 16.7. The van der Waals surface area contributed by atoms with Crippen LogP contribution in [0.2, 0.25) is 0 Å². The first-order valence-electron chi connectivity index (χ1n) is 6.54. The second-order valence-corrected chi connectivity index (χ2v) is 4.74. The Balaban J connectivity index is 2.01. The molecule has 1 atom stereocenters. The molecule has 1 aromatic carbocycles. The Morgan fingerprint density at radius 3 is 3.00 bits per heavy atom. The molecule has 4 heteroatoms. The fourth-order valence-corrected chi connectivity index (χ4v) is 2.76. The maximum absolute atomic E-state index is 5.77. The van der Waals surface area contributed by atoms with Gasteiger partial charge in [-0.15, -0.1) is 0 Å². The summed E-state index contributed by atoms with van der Waals surface area (Å²) in [5.74, 6) is 1.71. The van der Waals surface area contributed by atoms with Crippen molar-refractivity contribution in [2.45, 2.75) is 25.5 Å². The first kappa shape index (κ1) is 11.8. The second kappa shape index (κ2) is 5.16. The number of nitrogens with one attached hydrogen (secondary N) is 1. The molecule has 0 aliphatic carbocycles. The van der Waals surface area contributed by atoms with Gasteiger partial charge in [0.1, 0.15) is 13.2 Å². The lowest BCUT2D eigenvalue weighted by molar-refractivity contribution is 0.152. The molecule has 1 unspecified atom stereocenters. The van der Waals surface area contributed by atoms with Crippen LogP contribution in [0.25, 0.3) is 0 Å². The van der Waals surface area contributed by atoms with Crippen molar-refractivity contribution in [3.63, 3.8) is 0 Å². The van der Waals surface area contributed by atoms with Gasteiger partial charge in [0.25, 0.3) is 0 Å². The van der Waals surface area contributed by atoms with Gasteiger partial charge in [0, 0.05) is 18.7 Å². The Morgan fingerprint density at radius 1 is 1.33 bits per heavy atom. The lowest BCUT2D eigenvalue weighted by atomic mass is 9.98. The molecule has 2 aliphatic rings. The zero-order chi connectivity index (χ0) is 12.4. The molecule has 0 amide bonds. The molecule has 0 saturated carbocycles. The standard InChI is InChI=1S/C14H19NO3/c1-16-9-11-10(12-3-2-6-15-12)4-5-13-14(11)18-8-7-17-13/h4-5,12,15H,2-3,6-9H2,1H3. The van der Waals surface area contributed by atoms with Crippen molar-refractivity contribution in [1.29, 1.82) is 0 Å². The molecule has 1 N–H and O–H groups in total. The van der Waals surface area contributed by atoms with E-state index in [1.807, 2.05) is 6.07 Å². The first-order valence-corrected chi connectivity index (χ1v) is 6.54. The molecular formula is C14H19NO3. The number of methoxy groups -OCH3 is 1. The molecule has 0 spiro atoms. The van der Waals surface area contributed by atoms with Crippen LogP contribution in [0.3, 0.4) is 0 Å². The quantitative estimate of drug-likeness (QED) is 0.889. The molecule has 1 fully saturated rings. The molecule has 2 aliphatic heterocycles. The van der Waals surface area contributed by atoms with Crippen LogP contribution in [-0.4, -0.2) is 26.9 Å². The molecule has 4 nitrogen and oxygen atoms in total. The van der Waals surface area contributed by atoms with Crippen molar-refractivity contribution in [2.75, 3.05) is 26.9 Å². The van der Waals surface area contributed by atoms with E-state index in [1.54, 1.807) is 7.11 Å². The Kier molecular flexibility index (Phi) is 3.39. The molecule has 1 saturated heterocycles. The molecule has 2 heterocycles. The van der Waals surface area contributed by atoms with Gasteiger partial charge < -0.3 is 19.5 Å². The predicted molar refractivity (Wildman–Crippen MR) is 68.1 cm³/mol. The van der Waals surface area contributed by atoms with E-state index in [0.29, 0.717) is 25.9 Å². The highest BCUT2D eigenvalue weighted by atomic mass is 16.6. The smallest absolute Gasteiger partial charge is 0.167 e. The number of ether oxygens (including phenoxy) is 3. The SMILES string of the molecule is COCc1c(C2CCCN2)ccc2c1OCCO2. The molecule has 3 rings (SSSR count). The molecule has 0 bridgehead atoms. The fourth-order valence-electron chi connectivity index (χ4n) is 2.76. The summed E-state index contributed by atoms with van der Waals surface area (Å²) in [5.41, 5.74) is 2.42. The van der Waals surface area contributed by atoms with Crippen LogP contribution < -0.4 is 14.8 Å². The predicted octanol–water partition coefficient (Wildman–Crippen LogP) is 2.03. The van der Waals surface area contributed by atoms with Crippen molar-refractivity contribution >= 4 is 0 Å². The summed E-state index contributed by atoms with van der Waals surface area (Å²) in [4.78, 5) is 0. The largest absolute Gasteiger partial charge is 0.486 e. The zero-order valence-corrected chi connectivity index (χ0v) is 10.7. The Hall–Kier alpha value is -1.26. The van der Waals surface area contributed by atoms with Crippen LogP contribution in [0.4, 0.5) is 0 Å². The Bertz CT molecular complexity index is 427. The minimum Gasteiger partial charge on any atom is -0.486 e. The number of benzene rings is 1. The fraction of sp³-hybridized carbons (Fsp3) is 0.571. The average Bonchev–Trinajstić information content (AvgIpc) is 2.93. The third kappa shape index (κ3) is 2.06. The van der Waals surface area contributed by atoms with Crippen molar-refractivity contribution in [3.05, 3.63) is 23.3 Å². The van der Waals surface area contributed by atoms with Crippen molar-refractivity contribution in [2.24, 2.45) is 0 Å². The van der Waals surface area contributed by atoms with Crippen LogP contribution in [-0.2, 0) is 11.3 Å². The van der Waals surface area contributed by atoms with Crippen LogP contribution in [0, 0.1) is 0 Å². The van der Waals surface area contributed by atoms with Crippen molar-refractivity contribution < 1.29 is 14.2 Å². The highest BCUT2D eigenvalue weighted by Gasteiger charge is 2.25. The van der Waals surface area contributed by atoms with Crippen molar-refractivity contribution in [1.82, 2.24) is 5.32 Å². The summed E-state index contributed by atoms with van der Waals surface area (Å²) in [6.07, 6.45) is 2.40. The van der Waals surface area contributed by atoms with E-state index in [-0.39, 0.29) is 0 Å². The minimum absolute atomic E-state index is 0.422. The van der Waals surface area contributed by atoms with Crippen LogP contribution in [0.1, 0.15) is 30.0 Å². The molecular weight excluding hydrogens is 230 g/mol. The molecule has 1 aromatic rings. The van der Waals surface area contributed by atoms with E-state index in [4.69, 9.17) is 14.2 Å². The monoisotopic (exact) mass is 249 g/mol. The average molecular weight is 249 g/mol. The summed E-state index contributed by atoms with van der Waals surface area (Å²) in [7, 11) is 1.72. The van der Waals surface area contributed by atoms with Gasteiger partial charge in [-0.1, -0.05) is 6.07 Å². The van der Waals surface area contributed by atoms with Gasteiger partial charge in [-0.3, -0.25) is 0 Å². The maximum Gasteiger partial charge on any atom is 0.167 e. The lowest BCUT2D eigenvalue weighted by Crippen LogP contribution is -2.20. The number of fused-ring (bicyclic) bond motifs is 1. The van der Waals surface area contributed by atoms with Gasteiger partial charge in [-0.05, 0) is 31.0 Å². The Labute approximate surface area is 107 Å². The molecule has 0 radical (unpaired) electrons. The minimum atomic E-state index is 0.422. The number of hydrogen-bond donors (Lipinski definition) is 1. The van der Waals surface area contributed by atoms with Gasteiger partial charge in [-0.25, -0.2) is 0 Å². The molecule has 0 aromatic heterocycles. The lowest BCUT2D eigenvalue weighted by Gasteiger charge is -2.25. The Morgan fingerprint density at radius 2 is 2.22 bits per heavy atom. The van der Waals surface area contributed by atoms with Crippen LogP contribution in [0.5, 0.6) is 11.5 Å². The summed E-state index contributed by atoms with van der Waals surface area (Å²) in [6, 6.07) is 4.58. The topological polar surface area (TPSA) is 39.7 Å². The van der Waals surface area contributed by atoms with Crippen molar-refractivity contribution in [3.8, 4) is 11.5 Å². The van der Waals surface area contributed by atoms with Crippen LogP contribution in [0.15, 0.2) is 12.1 Å². The van der Waals surface area contributed by atoms with Gasteiger partial charge in [0.05, 0.1) is 6.61 Å². The first-order chi connectivity index (χ1) is 8.90. The van der Waals surface area contributed by atoms with E-state index in [2.05, 4.69) is 11.4 Å². The number of hydrogen-bond acceptors (Lipinski definition) is 4. The second-order valence-electron chi connectivity index (χ2n) is 4.74. The number of rotatable bonds is 3. The highest BCUT2D eigenvalue weighted by molar-refractivity contribution is 5.52. The van der Waals surface area contributed by atoms with E-state index < -0.39 is 0 Å². The summed E-state index contributed by atoms with van der Waals surface area (Å²) in [6.45, 7) is 2.90. The van der Waals surface area contributed by atoms with E-state index in [9.17, 15) is 0 Å². The summed E-state index contributed by atoms with van der Waals surface area (Å²) in [5, 5.41) is 3.53. The summed E-state index contributed by atoms with van der Waals surface area (Å²) >= 11 is 0. The molecule has 98 valence electrons. The van der Waals surface area contributed by atoms with Gasteiger partial charge in [-0.2, -0.15) is 0 Å². The normalized spacial score (nSPS) is 22.2. The van der Waals surface area contributed by atoms with Gasteiger partial charge in [0.15, 0.2) is 11.5 Å². The zero-order valence-electron chi connectivity index (χ0n) is 10.7. The third-order valence-electron chi connectivity index (χ3n) is 3.57. The van der Waals surface area contributed by atoms with E-state index >= 15 is 0 Å². The van der Waals surface area contributed by atoms with Gasteiger partial charge in [0.2, 0.25) is 0 Å². The highest BCUT2D eigenvalue weighted by Crippen LogP contribution is 2.39.